The quantitative estimate of drug-likeness (QED) is 0.534. The van der Waals surface area contributed by atoms with Crippen LogP contribution in [0.4, 0.5) is 0 Å². The summed E-state index contributed by atoms with van der Waals surface area (Å²) in [5.41, 5.74) is 1.55. The van der Waals surface area contributed by atoms with Crippen LogP contribution in [0.2, 0.25) is 0 Å². The van der Waals surface area contributed by atoms with Gasteiger partial charge in [0.05, 0.1) is 12.2 Å². The first-order valence-electron chi connectivity index (χ1n) is 4.69. The van der Waals surface area contributed by atoms with E-state index in [1.165, 1.54) is 18.4 Å². The first-order valence-corrected chi connectivity index (χ1v) is 4.69. The lowest BCUT2D eigenvalue weighted by Gasteiger charge is -2.35. The third kappa shape index (κ3) is 1.10. The SMILES string of the molecule is C[C@@]12CCCC1=CC(O)C(O)C2. The van der Waals surface area contributed by atoms with E-state index in [1.807, 2.05) is 6.08 Å². The second-order valence-electron chi connectivity index (χ2n) is 4.37. The van der Waals surface area contributed by atoms with Gasteiger partial charge < -0.3 is 10.2 Å². The van der Waals surface area contributed by atoms with Crippen molar-refractivity contribution in [1.82, 2.24) is 0 Å². The Morgan fingerprint density at radius 3 is 3.00 bits per heavy atom. The van der Waals surface area contributed by atoms with Gasteiger partial charge in [-0.2, -0.15) is 0 Å². The zero-order valence-electron chi connectivity index (χ0n) is 7.45. The molecule has 0 heterocycles. The van der Waals surface area contributed by atoms with Gasteiger partial charge in [0.15, 0.2) is 0 Å². The highest BCUT2D eigenvalue weighted by Crippen LogP contribution is 2.48. The van der Waals surface area contributed by atoms with Crippen LogP contribution in [0.5, 0.6) is 0 Å². The fourth-order valence-electron chi connectivity index (χ4n) is 2.55. The second-order valence-corrected chi connectivity index (χ2v) is 4.37. The molecule has 2 rings (SSSR count). The maximum Gasteiger partial charge on any atom is 0.0983 e. The fraction of sp³-hybridized carbons (Fsp3) is 0.800. The average Bonchev–Trinajstić information content (AvgIpc) is 2.32. The Kier molecular flexibility index (Phi) is 1.77. The van der Waals surface area contributed by atoms with E-state index in [0.29, 0.717) is 0 Å². The Bertz CT molecular complexity index is 222. The summed E-state index contributed by atoms with van der Waals surface area (Å²) in [6, 6.07) is 0. The molecule has 2 unspecified atom stereocenters. The van der Waals surface area contributed by atoms with Crippen LogP contribution >= 0.6 is 0 Å². The van der Waals surface area contributed by atoms with Gasteiger partial charge in [-0.25, -0.2) is 0 Å². The Morgan fingerprint density at radius 2 is 2.25 bits per heavy atom. The summed E-state index contributed by atoms with van der Waals surface area (Å²) in [5, 5.41) is 18.9. The number of allylic oxidation sites excluding steroid dienone is 1. The molecule has 2 aliphatic carbocycles. The van der Waals surface area contributed by atoms with Gasteiger partial charge in [-0.1, -0.05) is 18.6 Å². The van der Waals surface area contributed by atoms with Gasteiger partial charge in [-0.05, 0) is 31.1 Å². The number of rotatable bonds is 0. The first-order chi connectivity index (χ1) is 5.62. The molecular weight excluding hydrogens is 152 g/mol. The summed E-state index contributed by atoms with van der Waals surface area (Å²) in [4.78, 5) is 0. The average molecular weight is 168 g/mol. The minimum Gasteiger partial charge on any atom is -0.390 e. The van der Waals surface area contributed by atoms with E-state index in [9.17, 15) is 10.2 Å². The van der Waals surface area contributed by atoms with Crippen LogP contribution in [0.25, 0.3) is 0 Å². The van der Waals surface area contributed by atoms with E-state index >= 15 is 0 Å². The predicted octanol–water partition coefficient (Wildman–Crippen LogP) is 1.23. The molecule has 0 aromatic rings. The molecule has 0 radical (unpaired) electrons. The minimum atomic E-state index is -0.619. The van der Waals surface area contributed by atoms with Crippen LogP contribution < -0.4 is 0 Å². The van der Waals surface area contributed by atoms with Crippen molar-refractivity contribution in [2.24, 2.45) is 5.41 Å². The van der Waals surface area contributed by atoms with Crippen LogP contribution in [0.3, 0.4) is 0 Å². The van der Waals surface area contributed by atoms with Crippen molar-refractivity contribution in [2.75, 3.05) is 0 Å². The molecule has 0 spiro atoms. The largest absolute Gasteiger partial charge is 0.390 e. The van der Waals surface area contributed by atoms with Gasteiger partial charge in [-0.3, -0.25) is 0 Å². The maximum atomic E-state index is 9.50. The summed E-state index contributed by atoms with van der Waals surface area (Å²) >= 11 is 0. The summed E-state index contributed by atoms with van der Waals surface area (Å²) in [5.74, 6) is 0. The summed E-state index contributed by atoms with van der Waals surface area (Å²) < 4.78 is 0. The fourth-order valence-corrected chi connectivity index (χ4v) is 2.55. The molecule has 0 aromatic carbocycles. The standard InChI is InChI=1S/C10H16O2/c1-10-4-2-3-7(10)5-8(11)9(12)6-10/h5,8-9,11-12H,2-4,6H2,1H3/t8?,9?,10-/m0/s1. The summed E-state index contributed by atoms with van der Waals surface area (Å²) in [6.07, 6.45) is 4.93. The van der Waals surface area contributed by atoms with Crippen molar-refractivity contribution in [3.05, 3.63) is 11.6 Å². The highest BCUT2D eigenvalue weighted by atomic mass is 16.3. The zero-order chi connectivity index (χ0) is 8.77. The van der Waals surface area contributed by atoms with Crippen molar-refractivity contribution in [1.29, 1.82) is 0 Å². The van der Waals surface area contributed by atoms with E-state index in [0.717, 1.165) is 12.8 Å². The molecule has 12 heavy (non-hydrogen) atoms. The molecule has 2 heteroatoms. The van der Waals surface area contributed by atoms with Crippen molar-refractivity contribution in [2.45, 2.75) is 44.8 Å². The van der Waals surface area contributed by atoms with Crippen LogP contribution in [-0.2, 0) is 0 Å². The second kappa shape index (κ2) is 2.57. The van der Waals surface area contributed by atoms with Crippen molar-refractivity contribution >= 4 is 0 Å². The molecule has 68 valence electrons. The van der Waals surface area contributed by atoms with Crippen molar-refractivity contribution < 1.29 is 10.2 Å². The zero-order valence-corrected chi connectivity index (χ0v) is 7.45. The third-order valence-electron chi connectivity index (χ3n) is 3.38. The number of fused-ring (bicyclic) bond motifs is 1. The van der Waals surface area contributed by atoms with Gasteiger partial charge in [0.1, 0.15) is 0 Å². The molecule has 0 bridgehead atoms. The Morgan fingerprint density at radius 1 is 1.50 bits per heavy atom. The Balaban J connectivity index is 2.29. The topological polar surface area (TPSA) is 40.5 Å². The smallest absolute Gasteiger partial charge is 0.0983 e. The number of aliphatic hydroxyl groups is 2. The molecule has 0 aliphatic heterocycles. The van der Waals surface area contributed by atoms with E-state index < -0.39 is 12.2 Å². The van der Waals surface area contributed by atoms with Crippen LogP contribution in [-0.4, -0.2) is 22.4 Å². The van der Waals surface area contributed by atoms with Crippen LogP contribution in [0.1, 0.15) is 32.6 Å². The summed E-state index contributed by atoms with van der Waals surface area (Å²) in [7, 11) is 0. The highest BCUT2D eigenvalue weighted by Gasteiger charge is 2.40. The lowest BCUT2D eigenvalue weighted by molar-refractivity contribution is 0.0117. The number of aliphatic hydroxyl groups excluding tert-OH is 2. The van der Waals surface area contributed by atoms with E-state index in [2.05, 4.69) is 6.92 Å². The third-order valence-corrected chi connectivity index (χ3v) is 3.38. The van der Waals surface area contributed by atoms with Crippen LogP contribution in [0, 0.1) is 5.41 Å². The van der Waals surface area contributed by atoms with Crippen molar-refractivity contribution in [3.8, 4) is 0 Å². The molecule has 2 aliphatic rings. The lowest BCUT2D eigenvalue weighted by atomic mass is 9.74. The number of hydrogen-bond donors (Lipinski definition) is 2. The van der Waals surface area contributed by atoms with Gasteiger partial charge in [0.2, 0.25) is 0 Å². The molecule has 1 fully saturated rings. The number of hydrogen-bond acceptors (Lipinski definition) is 2. The Hall–Kier alpha value is -0.340. The maximum absolute atomic E-state index is 9.50. The Labute approximate surface area is 72.9 Å². The van der Waals surface area contributed by atoms with Gasteiger partial charge in [-0.15, -0.1) is 0 Å². The molecule has 0 amide bonds. The summed E-state index contributed by atoms with van der Waals surface area (Å²) in [6.45, 7) is 2.20. The lowest BCUT2D eigenvalue weighted by Crippen LogP contribution is -2.35. The molecule has 0 saturated heterocycles. The molecular formula is C10H16O2. The van der Waals surface area contributed by atoms with Gasteiger partial charge in [0.25, 0.3) is 0 Å². The monoisotopic (exact) mass is 168 g/mol. The first kappa shape index (κ1) is 8.27. The van der Waals surface area contributed by atoms with Crippen molar-refractivity contribution in [3.63, 3.8) is 0 Å². The molecule has 1 saturated carbocycles. The van der Waals surface area contributed by atoms with E-state index in [4.69, 9.17) is 0 Å². The van der Waals surface area contributed by atoms with E-state index in [-0.39, 0.29) is 5.41 Å². The van der Waals surface area contributed by atoms with Gasteiger partial charge in [0, 0.05) is 0 Å². The minimum absolute atomic E-state index is 0.193. The molecule has 3 atom stereocenters. The van der Waals surface area contributed by atoms with Gasteiger partial charge >= 0.3 is 0 Å². The van der Waals surface area contributed by atoms with E-state index in [1.54, 1.807) is 0 Å². The molecule has 0 aromatic heterocycles. The molecule has 2 nitrogen and oxygen atoms in total. The van der Waals surface area contributed by atoms with Crippen LogP contribution in [0.15, 0.2) is 11.6 Å². The molecule has 2 N–H and O–H groups in total. The highest BCUT2D eigenvalue weighted by molar-refractivity contribution is 5.24. The normalized spacial score (nSPS) is 47.1. The predicted molar refractivity (Wildman–Crippen MR) is 46.7 cm³/mol.